The summed E-state index contributed by atoms with van der Waals surface area (Å²) in [4.78, 5) is 5.55. The average Bonchev–Trinajstić information content (AvgIpc) is 3.35. The van der Waals surface area contributed by atoms with Gasteiger partial charge in [-0.1, -0.05) is 12.2 Å². The number of ether oxygens (including phenoxy) is 3. The molecule has 3 rings (SSSR count). The molecule has 0 spiro atoms. The Labute approximate surface area is 169 Å². The van der Waals surface area contributed by atoms with Crippen molar-refractivity contribution >= 4 is 17.0 Å². The maximum Gasteiger partial charge on any atom is 0.206 e. The minimum atomic E-state index is 0.574. The first-order valence-electron chi connectivity index (χ1n) is 9.30. The molecule has 0 unspecified atom stereocenters. The van der Waals surface area contributed by atoms with Gasteiger partial charge in [-0.3, -0.25) is 4.99 Å². The summed E-state index contributed by atoms with van der Waals surface area (Å²) in [6.07, 6.45) is 4.47. The van der Waals surface area contributed by atoms with Gasteiger partial charge in [0, 0.05) is 16.7 Å². The van der Waals surface area contributed by atoms with Gasteiger partial charge in [0.1, 0.15) is 0 Å². The van der Waals surface area contributed by atoms with Crippen molar-refractivity contribution in [2.45, 2.75) is 32.6 Å². The van der Waals surface area contributed by atoms with Crippen LogP contribution in [0.3, 0.4) is 0 Å². The van der Waals surface area contributed by atoms with Crippen LogP contribution in [0.2, 0.25) is 0 Å². The van der Waals surface area contributed by atoms with Gasteiger partial charge >= 0.3 is 0 Å². The number of hydrogen-bond donors (Lipinski definition) is 0. The van der Waals surface area contributed by atoms with E-state index in [4.69, 9.17) is 24.3 Å². The van der Waals surface area contributed by atoms with Crippen molar-refractivity contribution in [2.75, 3.05) is 27.9 Å². The van der Waals surface area contributed by atoms with Crippen molar-refractivity contribution < 1.29 is 14.2 Å². The Hall–Kier alpha value is -2.54. The van der Waals surface area contributed by atoms with Gasteiger partial charge in [0.05, 0.1) is 33.6 Å². The van der Waals surface area contributed by atoms with Crippen LogP contribution >= 0.6 is 11.3 Å². The molecule has 28 heavy (non-hydrogen) atoms. The molecule has 1 aromatic carbocycles. The summed E-state index contributed by atoms with van der Waals surface area (Å²) in [5.41, 5.74) is 4.11. The number of hydrogen-bond acceptors (Lipinski definition) is 6. The molecule has 0 bridgehead atoms. The zero-order valence-electron chi connectivity index (χ0n) is 16.9. The number of nitrogens with zero attached hydrogens (tertiary/aromatic N) is 3. The summed E-state index contributed by atoms with van der Waals surface area (Å²) in [6, 6.07) is 3.88. The highest BCUT2D eigenvalue weighted by atomic mass is 32.1. The van der Waals surface area contributed by atoms with Crippen molar-refractivity contribution in [3.8, 4) is 28.5 Å². The molecule has 0 amide bonds. The van der Waals surface area contributed by atoms with Gasteiger partial charge in [-0.15, -0.1) is 11.3 Å². The highest BCUT2D eigenvalue weighted by molar-refractivity contribution is 7.07. The Kier molecular flexibility index (Phi) is 6.57. The van der Waals surface area contributed by atoms with Crippen molar-refractivity contribution in [1.29, 1.82) is 0 Å². The van der Waals surface area contributed by atoms with Gasteiger partial charge < -0.3 is 14.2 Å². The molecule has 0 atom stereocenters. The van der Waals surface area contributed by atoms with Gasteiger partial charge in [-0.2, -0.15) is 5.10 Å². The molecule has 150 valence electrons. The van der Waals surface area contributed by atoms with Crippen LogP contribution in [0, 0.1) is 0 Å². The minimum Gasteiger partial charge on any atom is -0.493 e. The second-order valence-corrected chi connectivity index (χ2v) is 7.61. The summed E-state index contributed by atoms with van der Waals surface area (Å²) < 4.78 is 18.4. The molecule has 0 N–H and O–H groups in total. The quantitative estimate of drug-likeness (QED) is 0.642. The fraction of sp³-hybridized carbons (Fsp3) is 0.429. The molecule has 1 aromatic heterocycles. The Morgan fingerprint density at radius 1 is 1.11 bits per heavy atom. The molecule has 1 fully saturated rings. The number of aromatic nitrogens is 1. The third-order valence-corrected chi connectivity index (χ3v) is 5.41. The molecule has 0 saturated heterocycles. The molecule has 1 aliphatic carbocycles. The predicted octanol–water partition coefficient (Wildman–Crippen LogP) is 4.50. The van der Waals surface area contributed by atoms with E-state index in [1.807, 2.05) is 23.7 Å². The topological polar surface area (TPSA) is 57.3 Å². The highest BCUT2D eigenvalue weighted by Gasteiger charge is 2.18. The van der Waals surface area contributed by atoms with E-state index in [9.17, 15) is 0 Å². The van der Waals surface area contributed by atoms with E-state index in [2.05, 4.69) is 12.0 Å². The zero-order valence-corrected chi connectivity index (χ0v) is 17.8. The van der Waals surface area contributed by atoms with Crippen molar-refractivity contribution in [1.82, 2.24) is 4.68 Å². The Balaban J connectivity index is 2.17. The van der Waals surface area contributed by atoms with Crippen molar-refractivity contribution in [3.05, 3.63) is 34.5 Å². The monoisotopic (exact) mass is 401 g/mol. The van der Waals surface area contributed by atoms with E-state index in [0.29, 0.717) is 23.8 Å². The van der Waals surface area contributed by atoms with Crippen LogP contribution in [0.4, 0.5) is 0 Å². The van der Waals surface area contributed by atoms with E-state index < -0.39 is 0 Å². The standard InChI is InChI=1S/C21H27N3O3S/c1-14(2)12-22-21-24(23-16-8-6-7-9-16)17(13-28-21)15-10-18(25-3)20(27-5)19(11-15)26-4/h10-11,13H,1,6-9,12H2,2-5H3. The van der Waals surface area contributed by atoms with Crippen LogP contribution in [-0.2, 0) is 0 Å². The summed E-state index contributed by atoms with van der Waals surface area (Å²) in [5, 5.41) is 7.00. The second-order valence-electron chi connectivity index (χ2n) is 6.78. The summed E-state index contributed by atoms with van der Waals surface area (Å²) >= 11 is 1.57. The lowest BCUT2D eigenvalue weighted by Crippen LogP contribution is -2.14. The maximum atomic E-state index is 5.52. The third-order valence-electron chi connectivity index (χ3n) is 4.55. The summed E-state index contributed by atoms with van der Waals surface area (Å²) in [6.45, 7) is 6.51. The zero-order chi connectivity index (χ0) is 20.1. The van der Waals surface area contributed by atoms with Gasteiger partial charge in [0.15, 0.2) is 11.5 Å². The van der Waals surface area contributed by atoms with Crippen LogP contribution in [0.15, 0.2) is 39.8 Å². The lowest BCUT2D eigenvalue weighted by Gasteiger charge is -2.14. The van der Waals surface area contributed by atoms with E-state index in [1.54, 1.807) is 32.7 Å². The predicted molar refractivity (Wildman–Crippen MR) is 114 cm³/mol. The molecular weight excluding hydrogens is 374 g/mol. The van der Waals surface area contributed by atoms with Crippen LogP contribution < -0.4 is 19.0 Å². The average molecular weight is 402 g/mol. The smallest absolute Gasteiger partial charge is 0.206 e. The number of benzene rings is 1. The van der Waals surface area contributed by atoms with E-state index in [-0.39, 0.29) is 0 Å². The number of methoxy groups -OCH3 is 3. The van der Waals surface area contributed by atoms with Crippen LogP contribution in [0.25, 0.3) is 11.3 Å². The number of thiazole rings is 1. The van der Waals surface area contributed by atoms with Crippen LogP contribution in [0.5, 0.6) is 17.2 Å². The maximum absolute atomic E-state index is 5.52. The molecule has 7 heteroatoms. The minimum absolute atomic E-state index is 0.574. The first-order valence-corrected chi connectivity index (χ1v) is 10.2. The van der Waals surface area contributed by atoms with Gasteiger partial charge in [-0.05, 0) is 44.7 Å². The lowest BCUT2D eigenvalue weighted by molar-refractivity contribution is 0.324. The normalized spacial score (nSPS) is 14.3. The van der Waals surface area contributed by atoms with E-state index >= 15 is 0 Å². The van der Waals surface area contributed by atoms with Gasteiger partial charge in [0.2, 0.25) is 10.6 Å². The SMILES string of the molecule is C=C(C)CN=c1scc(-c2cc(OC)c(OC)c(OC)c2)n1N=C1CCCC1. The highest BCUT2D eigenvalue weighted by Crippen LogP contribution is 2.41. The lowest BCUT2D eigenvalue weighted by atomic mass is 10.1. The summed E-state index contributed by atoms with van der Waals surface area (Å²) in [7, 11) is 4.84. The third kappa shape index (κ3) is 4.30. The molecular formula is C21H27N3O3S. The fourth-order valence-corrected chi connectivity index (χ4v) is 3.99. The molecule has 6 nitrogen and oxygen atoms in total. The number of rotatable bonds is 7. The molecule has 1 aliphatic rings. The Bertz CT molecular complexity index is 923. The summed E-state index contributed by atoms with van der Waals surface area (Å²) in [5.74, 6) is 1.80. The van der Waals surface area contributed by atoms with Crippen LogP contribution in [0.1, 0.15) is 32.6 Å². The molecule has 1 saturated carbocycles. The van der Waals surface area contributed by atoms with Crippen molar-refractivity contribution in [2.24, 2.45) is 10.1 Å². The van der Waals surface area contributed by atoms with E-state index in [1.165, 1.54) is 18.6 Å². The fourth-order valence-electron chi connectivity index (χ4n) is 3.16. The van der Waals surface area contributed by atoms with Gasteiger partial charge in [-0.25, -0.2) is 4.68 Å². The largest absolute Gasteiger partial charge is 0.493 e. The molecule has 2 aromatic rings. The first-order chi connectivity index (χ1) is 13.6. The second kappa shape index (κ2) is 9.10. The van der Waals surface area contributed by atoms with Crippen molar-refractivity contribution in [3.63, 3.8) is 0 Å². The molecule has 0 aliphatic heterocycles. The molecule has 0 radical (unpaired) electrons. The first kappa shape index (κ1) is 20.2. The van der Waals surface area contributed by atoms with Gasteiger partial charge in [0.25, 0.3) is 0 Å². The molecule has 1 heterocycles. The van der Waals surface area contributed by atoms with E-state index in [0.717, 1.165) is 34.5 Å². The van der Waals surface area contributed by atoms with Crippen LogP contribution in [-0.4, -0.2) is 38.3 Å². The Morgan fingerprint density at radius 2 is 1.75 bits per heavy atom. The Morgan fingerprint density at radius 3 is 2.29 bits per heavy atom.